The normalized spacial score (nSPS) is 30.6. The lowest BCUT2D eigenvalue weighted by atomic mass is 9.92. The third kappa shape index (κ3) is 12.5. The Morgan fingerprint density at radius 3 is 1.08 bits per heavy atom. The second-order valence-electron chi connectivity index (χ2n) is 17.5. The molecule has 4 aromatic rings. The van der Waals surface area contributed by atoms with Crippen LogP contribution in [0.5, 0.6) is 0 Å². The van der Waals surface area contributed by atoms with Gasteiger partial charge in [-0.3, -0.25) is 24.0 Å². The van der Waals surface area contributed by atoms with Crippen LogP contribution in [-0.2, 0) is 71.6 Å². The van der Waals surface area contributed by atoms with Gasteiger partial charge in [-0.15, -0.1) is 20.4 Å². The average Bonchev–Trinajstić information content (AvgIpc) is 4.18. The highest BCUT2D eigenvalue weighted by molar-refractivity contribution is 4.98. The van der Waals surface area contributed by atoms with Gasteiger partial charge < -0.3 is 75.8 Å². The molecule has 0 amide bonds. The molecule has 4 aliphatic heterocycles. The molecule has 8 rings (SSSR count). The van der Waals surface area contributed by atoms with Gasteiger partial charge in [-0.25, -0.2) is 0 Å². The van der Waals surface area contributed by atoms with Crippen molar-refractivity contribution in [2.24, 2.45) is 5.41 Å². The van der Waals surface area contributed by atoms with E-state index in [-0.39, 0.29) is 98.2 Å². The predicted molar refractivity (Wildman–Crippen MR) is 216 cm³/mol. The summed E-state index contributed by atoms with van der Waals surface area (Å²) in [4.78, 5) is 0. The molecule has 4 fully saturated rings. The molecule has 12 atom stereocenters. The van der Waals surface area contributed by atoms with Crippen molar-refractivity contribution in [1.82, 2.24) is 81.2 Å². The second kappa shape index (κ2) is 21.7. The van der Waals surface area contributed by atoms with Crippen molar-refractivity contribution in [1.29, 1.82) is 0 Å². The van der Waals surface area contributed by atoms with Gasteiger partial charge in [0, 0.05) is 25.7 Å². The van der Waals surface area contributed by atoms with Crippen molar-refractivity contribution in [2.45, 2.75) is 132 Å². The molecule has 28 heteroatoms. The minimum atomic E-state index is -1.01. The van der Waals surface area contributed by atoms with Gasteiger partial charge in [0.15, 0.2) is 0 Å². The number of hydrogen-bond donors (Lipinski definition) is 12. The Kier molecular flexibility index (Phi) is 15.8. The maximum absolute atomic E-state index is 10.3. The highest BCUT2D eigenvalue weighted by atomic mass is 16.5. The SMILES string of the molecule is O[C@H]1[C@@H](O)CN[C@@H]1Cn1cc(COCC(COCc2cn(C[C@H]3C[C@@H](O)[C@@H](O)N3)nn2)(COCc2cn(C[C@H]3NC[C@H](O)[C@@H]3O)nn2)COCc2cn(C[C@H]3NC[C@H](O)[C@@H]3O)nn2)nn1. The van der Waals surface area contributed by atoms with Gasteiger partial charge in [0.2, 0.25) is 0 Å². The number of hydrogen-bond acceptors (Lipinski definition) is 24. The monoisotopic (exact) mass is 920 g/mol. The highest BCUT2D eigenvalue weighted by Crippen LogP contribution is 2.24. The Morgan fingerprint density at radius 1 is 0.477 bits per heavy atom. The van der Waals surface area contributed by atoms with Gasteiger partial charge >= 0.3 is 0 Å². The van der Waals surface area contributed by atoms with Crippen molar-refractivity contribution < 1.29 is 59.8 Å². The molecule has 0 aliphatic carbocycles. The van der Waals surface area contributed by atoms with Crippen LogP contribution in [-0.4, -0.2) is 220 Å². The van der Waals surface area contributed by atoms with Crippen LogP contribution in [0.15, 0.2) is 24.8 Å². The minimum Gasteiger partial charge on any atom is -0.389 e. The van der Waals surface area contributed by atoms with E-state index in [0.717, 1.165) is 0 Å². The third-order valence-corrected chi connectivity index (χ3v) is 12.0. The summed E-state index contributed by atoms with van der Waals surface area (Å²) in [6, 6.07) is -1.40. The fraction of sp³-hybridized carbons (Fsp3) is 0.784. The molecular weight excluding hydrogens is 861 g/mol. The summed E-state index contributed by atoms with van der Waals surface area (Å²) in [5.74, 6) is 0. The molecule has 0 radical (unpaired) electrons. The Labute approximate surface area is 371 Å². The fourth-order valence-corrected chi connectivity index (χ4v) is 8.38. The van der Waals surface area contributed by atoms with Crippen molar-refractivity contribution in [3.05, 3.63) is 47.6 Å². The molecule has 4 aliphatic rings. The first-order chi connectivity index (χ1) is 31.4. The maximum Gasteiger partial charge on any atom is 0.131 e. The molecule has 12 N–H and O–H groups in total. The number of β-amino-alcohol motifs (C(OH)–C–C–N with tert-alkyl or cyclic N) is 3. The third-order valence-electron chi connectivity index (χ3n) is 12.0. The summed E-state index contributed by atoms with van der Waals surface area (Å²) < 4.78 is 31.5. The maximum atomic E-state index is 10.3. The number of aliphatic hydroxyl groups is 8. The van der Waals surface area contributed by atoms with Gasteiger partial charge in [0.05, 0.1) is 170 Å². The summed E-state index contributed by atoms with van der Waals surface area (Å²) in [6.45, 7) is 2.41. The van der Waals surface area contributed by atoms with E-state index in [0.29, 0.717) is 35.7 Å². The molecule has 0 spiro atoms. The number of nitrogens with zero attached hydrogens (tertiary/aromatic N) is 12. The Bertz CT molecular complexity index is 1890. The molecule has 8 heterocycles. The van der Waals surface area contributed by atoms with E-state index in [2.05, 4.69) is 62.5 Å². The van der Waals surface area contributed by atoms with Crippen LogP contribution < -0.4 is 21.3 Å². The molecule has 0 unspecified atom stereocenters. The van der Waals surface area contributed by atoms with Crippen LogP contribution >= 0.6 is 0 Å². The van der Waals surface area contributed by atoms with Crippen molar-refractivity contribution in [3.8, 4) is 0 Å². The first kappa shape index (κ1) is 47.4. The number of aliphatic hydroxyl groups excluding tert-OH is 8. The number of aromatic nitrogens is 12. The van der Waals surface area contributed by atoms with E-state index in [1.165, 1.54) is 0 Å². The zero-order chi connectivity index (χ0) is 45.5. The van der Waals surface area contributed by atoms with Gasteiger partial charge in [-0.1, -0.05) is 20.9 Å². The topological polar surface area (TPSA) is 370 Å². The van der Waals surface area contributed by atoms with Crippen molar-refractivity contribution in [2.75, 3.05) is 46.1 Å². The lowest BCUT2D eigenvalue weighted by molar-refractivity contribution is -0.118. The van der Waals surface area contributed by atoms with Gasteiger partial charge in [0.1, 0.15) is 29.0 Å². The summed E-state index contributed by atoms with van der Waals surface area (Å²) >= 11 is 0. The van der Waals surface area contributed by atoms with Gasteiger partial charge in [0.25, 0.3) is 0 Å². The molecule has 0 aromatic carbocycles. The van der Waals surface area contributed by atoms with Crippen molar-refractivity contribution >= 4 is 0 Å². The lowest BCUT2D eigenvalue weighted by Crippen LogP contribution is -2.41. The molecule has 65 heavy (non-hydrogen) atoms. The van der Waals surface area contributed by atoms with Crippen LogP contribution in [0.4, 0.5) is 0 Å². The van der Waals surface area contributed by atoms with E-state index in [1.807, 2.05) is 0 Å². The van der Waals surface area contributed by atoms with Crippen LogP contribution in [0.1, 0.15) is 29.2 Å². The lowest BCUT2D eigenvalue weighted by Gasteiger charge is -2.32. The molecule has 4 aromatic heterocycles. The molecule has 28 nitrogen and oxygen atoms in total. The van der Waals surface area contributed by atoms with Crippen LogP contribution in [0, 0.1) is 5.41 Å². The largest absolute Gasteiger partial charge is 0.389 e. The Morgan fingerprint density at radius 2 is 0.800 bits per heavy atom. The molecule has 0 bridgehead atoms. The minimum absolute atomic E-state index is 0.0418. The molecular formula is C37H60N16O12. The van der Waals surface area contributed by atoms with E-state index >= 15 is 0 Å². The zero-order valence-electron chi connectivity index (χ0n) is 35.6. The van der Waals surface area contributed by atoms with Gasteiger partial charge in [-0.05, 0) is 6.42 Å². The first-order valence-electron chi connectivity index (χ1n) is 21.7. The smallest absolute Gasteiger partial charge is 0.131 e. The first-order valence-corrected chi connectivity index (χ1v) is 21.7. The molecule has 4 saturated heterocycles. The number of nitrogens with one attached hydrogen (secondary N) is 4. The van der Waals surface area contributed by atoms with E-state index in [4.69, 9.17) is 18.9 Å². The van der Waals surface area contributed by atoms with Crippen LogP contribution in [0.25, 0.3) is 0 Å². The second-order valence-corrected chi connectivity index (χ2v) is 17.5. The summed E-state index contributed by atoms with van der Waals surface area (Å²) in [5.41, 5.74) is 1.10. The highest BCUT2D eigenvalue weighted by Gasteiger charge is 2.37. The summed E-state index contributed by atoms with van der Waals surface area (Å²) in [7, 11) is 0. The van der Waals surface area contributed by atoms with E-state index < -0.39 is 72.5 Å². The quantitative estimate of drug-likeness (QED) is 0.0311. The zero-order valence-corrected chi connectivity index (χ0v) is 35.6. The average molecular weight is 921 g/mol. The fourth-order valence-electron chi connectivity index (χ4n) is 8.38. The Hall–Kier alpha value is -4.08. The molecule has 360 valence electrons. The standard InChI is InChI=1S/C37H60N16O12/c54-29-1-21(41-36(29)61)5-50-6-22(42-46-50)13-62-17-37(18-63-14-23-7-51(47-43-23)10-26-33(58)30(55)2-38-26,19-64-15-24-8-52(48-44-24)11-27-34(59)31(56)3-39-27)20-65-16-25-9-53(49-45-25)12-28-35(60)32(57)4-40-28/h6-9,21,26-36,38-41,54-61H,1-5,10-20H2/t21-,26-,27-,28-,29-,30+,31+,32+,33-,34-,35-,36-/m1/s1. The number of ether oxygens (including phenoxy) is 4. The number of rotatable bonds is 24. The van der Waals surface area contributed by atoms with Crippen LogP contribution in [0.2, 0.25) is 0 Å². The Balaban J connectivity index is 0.941. The molecule has 0 saturated carbocycles. The summed E-state index contributed by atoms with van der Waals surface area (Å²) in [5, 5.41) is 126. The van der Waals surface area contributed by atoms with Crippen LogP contribution in [0.3, 0.4) is 0 Å². The predicted octanol–water partition coefficient (Wildman–Crippen LogP) is -7.67. The van der Waals surface area contributed by atoms with Gasteiger partial charge in [-0.2, -0.15) is 0 Å². The summed E-state index contributed by atoms with van der Waals surface area (Å²) in [6.07, 6.45) is -0.124. The van der Waals surface area contributed by atoms with E-state index in [9.17, 15) is 40.9 Å². The van der Waals surface area contributed by atoms with E-state index in [1.54, 1.807) is 43.5 Å². The van der Waals surface area contributed by atoms with Crippen molar-refractivity contribution in [3.63, 3.8) is 0 Å².